The van der Waals surface area contributed by atoms with Crippen LogP contribution in [0.2, 0.25) is 0 Å². The lowest BCUT2D eigenvalue weighted by molar-refractivity contribution is -0.166. The van der Waals surface area contributed by atoms with Gasteiger partial charge in [-0.2, -0.15) is 0 Å². The highest BCUT2D eigenvalue weighted by Crippen LogP contribution is 2.24. The number of amides is 3. The molecule has 1 aromatic carbocycles. The number of benzene rings is 1. The van der Waals surface area contributed by atoms with Gasteiger partial charge in [-0.15, -0.1) is 0 Å². The van der Waals surface area contributed by atoms with E-state index in [0.29, 0.717) is 0 Å². The topological polar surface area (TPSA) is 104 Å². The van der Waals surface area contributed by atoms with Crippen LogP contribution in [-0.4, -0.2) is 70.4 Å². The van der Waals surface area contributed by atoms with E-state index in [9.17, 15) is 19.2 Å². The molecule has 1 N–H and O–H groups in total. The quantitative estimate of drug-likeness (QED) is 0.789. The standard InChI is InChI=1S/C17H18N2O6/c1-9-3-4-11-12(5-9)16(22)19(15(11)21)8-14(20)18-6-10(2)25-13(7-18)17(23)24/h3-5,10,13H,6-8H2,1-2H3,(H,23,24)/t10-,13?/m1/s1. The molecule has 1 fully saturated rings. The van der Waals surface area contributed by atoms with Gasteiger partial charge in [0.15, 0.2) is 6.10 Å². The molecule has 0 radical (unpaired) electrons. The molecule has 25 heavy (non-hydrogen) atoms. The van der Waals surface area contributed by atoms with E-state index in [1.54, 1.807) is 25.1 Å². The maximum atomic E-state index is 12.5. The summed E-state index contributed by atoms with van der Waals surface area (Å²) in [4.78, 5) is 50.7. The van der Waals surface area contributed by atoms with Crippen molar-refractivity contribution in [3.05, 3.63) is 34.9 Å². The second-order valence-electron chi connectivity index (χ2n) is 6.32. The van der Waals surface area contributed by atoms with Crippen LogP contribution in [0.1, 0.15) is 33.2 Å². The SMILES string of the molecule is Cc1ccc2c(c1)C(=O)N(CC(=O)N1CC(C(=O)O)O[C@H](C)C1)C2=O. The van der Waals surface area contributed by atoms with Crippen molar-refractivity contribution in [1.29, 1.82) is 0 Å². The van der Waals surface area contributed by atoms with Crippen molar-refractivity contribution >= 4 is 23.7 Å². The van der Waals surface area contributed by atoms with Crippen LogP contribution in [0.5, 0.6) is 0 Å². The molecule has 8 heteroatoms. The van der Waals surface area contributed by atoms with Crippen LogP contribution in [0.15, 0.2) is 18.2 Å². The summed E-state index contributed by atoms with van der Waals surface area (Å²) >= 11 is 0. The van der Waals surface area contributed by atoms with E-state index in [0.717, 1.165) is 10.5 Å². The first-order valence-electron chi connectivity index (χ1n) is 7.91. The lowest BCUT2D eigenvalue weighted by Gasteiger charge is -2.35. The molecule has 2 aliphatic rings. The van der Waals surface area contributed by atoms with Crippen LogP contribution >= 0.6 is 0 Å². The van der Waals surface area contributed by atoms with Crippen molar-refractivity contribution in [2.75, 3.05) is 19.6 Å². The summed E-state index contributed by atoms with van der Waals surface area (Å²) in [6, 6.07) is 4.93. The highest BCUT2D eigenvalue weighted by Gasteiger charge is 2.39. The molecule has 1 unspecified atom stereocenters. The molecule has 0 aromatic heterocycles. The minimum atomic E-state index is -1.15. The highest BCUT2D eigenvalue weighted by molar-refractivity contribution is 6.22. The molecule has 0 saturated carbocycles. The highest BCUT2D eigenvalue weighted by atomic mass is 16.5. The van der Waals surface area contributed by atoms with Crippen molar-refractivity contribution in [3.8, 4) is 0 Å². The van der Waals surface area contributed by atoms with Crippen LogP contribution < -0.4 is 0 Å². The number of carboxylic acids is 1. The number of rotatable bonds is 3. The normalized spacial score (nSPS) is 23.0. The molecule has 0 spiro atoms. The summed E-state index contributed by atoms with van der Waals surface area (Å²) in [5, 5.41) is 9.09. The second-order valence-corrected chi connectivity index (χ2v) is 6.32. The third kappa shape index (κ3) is 3.12. The molecule has 8 nitrogen and oxygen atoms in total. The molecule has 2 atom stereocenters. The molecule has 3 amide bonds. The summed E-state index contributed by atoms with van der Waals surface area (Å²) in [5.41, 5.74) is 1.41. The van der Waals surface area contributed by atoms with Crippen LogP contribution in [0.3, 0.4) is 0 Å². The average Bonchev–Trinajstić information content (AvgIpc) is 2.78. The van der Waals surface area contributed by atoms with Crippen LogP contribution in [0.25, 0.3) is 0 Å². The molecule has 3 rings (SSSR count). The van der Waals surface area contributed by atoms with Crippen molar-refractivity contribution in [3.63, 3.8) is 0 Å². The monoisotopic (exact) mass is 346 g/mol. The van der Waals surface area contributed by atoms with E-state index in [1.165, 1.54) is 4.90 Å². The molecule has 0 bridgehead atoms. The first-order chi connectivity index (χ1) is 11.8. The molecule has 2 heterocycles. The zero-order chi connectivity index (χ0) is 18.3. The third-order valence-electron chi connectivity index (χ3n) is 4.31. The van der Waals surface area contributed by atoms with Gasteiger partial charge in [-0.3, -0.25) is 19.3 Å². The lowest BCUT2D eigenvalue weighted by atomic mass is 10.1. The Hall–Kier alpha value is -2.74. The molecule has 0 aliphatic carbocycles. The van der Waals surface area contributed by atoms with Gasteiger partial charge in [0.25, 0.3) is 11.8 Å². The van der Waals surface area contributed by atoms with Gasteiger partial charge in [0.05, 0.1) is 23.8 Å². The molecular formula is C17H18N2O6. The number of aryl methyl sites for hydroxylation is 1. The van der Waals surface area contributed by atoms with Gasteiger partial charge in [0, 0.05) is 6.54 Å². The molecule has 1 saturated heterocycles. The maximum Gasteiger partial charge on any atom is 0.334 e. The fourth-order valence-corrected chi connectivity index (χ4v) is 3.07. The number of aliphatic carboxylic acids is 1. The van der Waals surface area contributed by atoms with E-state index in [2.05, 4.69) is 0 Å². The Labute approximate surface area is 144 Å². The summed E-state index contributed by atoms with van der Waals surface area (Å²) in [7, 11) is 0. The Balaban J connectivity index is 1.74. The summed E-state index contributed by atoms with van der Waals surface area (Å²) in [6.07, 6.45) is -1.55. The largest absolute Gasteiger partial charge is 0.479 e. The van der Waals surface area contributed by atoms with Gasteiger partial charge in [0.1, 0.15) is 6.54 Å². The Morgan fingerprint density at radius 2 is 1.88 bits per heavy atom. The summed E-state index contributed by atoms with van der Waals surface area (Å²) in [6.45, 7) is 3.17. The van der Waals surface area contributed by atoms with Gasteiger partial charge in [-0.25, -0.2) is 4.79 Å². The maximum absolute atomic E-state index is 12.5. The predicted octanol–water partition coefficient (Wildman–Crippen LogP) is 0.292. The Morgan fingerprint density at radius 3 is 2.56 bits per heavy atom. The number of ether oxygens (including phenoxy) is 1. The zero-order valence-electron chi connectivity index (χ0n) is 13.9. The van der Waals surface area contributed by atoms with Gasteiger partial charge in [0.2, 0.25) is 5.91 Å². The summed E-state index contributed by atoms with van der Waals surface area (Å²) < 4.78 is 5.26. The van der Waals surface area contributed by atoms with E-state index < -0.39 is 42.4 Å². The lowest BCUT2D eigenvalue weighted by Crippen LogP contribution is -2.54. The zero-order valence-corrected chi connectivity index (χ0v) is 13.9. The Bertz CT molecular complexity index is 774. The number of morpholine rings is 1. The third-order valence-corrected chi connectivity index (χ3v) is 4.31. The fraction of sp³-hybridized carbons (Fsp3) is 0.412. The van der Waals surface area contributed by atoms with E-state index >= 15 is 0 Å². The van der Waals surface area contributed by atoms with E-state index in [1.807, 2.05) is 6.92 Å². The summed E-state index contributed by atoms with van der Waals surface area (Å²) in [5.74, 6) is -2.65. The van der Waals surface area contributed by atoms with Gasteiger partial charge >= 0.3 is 5.97 Å². The first-order valence-corrected chi connectivity index (χ1v) is 7.91. The number of carbonyl (C=O) groups excluding carboxylic acids is 3. The number of imide groups is 1. The van der Waals surface area contributed by atoms with Crippen LogP contribution in [0.4, 0.5) is 0 Å². The van der Waals surface area contributed by atoms with Crippen molar-refractivity contribution in [2.45, 2.75) is 26.1 Å². The van der Waals surface area contributed by atoms with Gasteiger partial charge in [-0.05, 0) is 26.0 Å². The Kier molecular flexibility index (Phi) is 4.30. The van der Waals surface area contributed by atoms with Crippen molar-refractivity contribution in [2.24, 2.45) is 0 Å². The average molecular weight is 346 g/mol. The first kappa shape index (κ1) is 17.1. The molecule has 2 aliphatic heterocycles. The van der Waals surface area contributed by atoms with Crippen molar-refractivity contribution < 1.29 is 29.0 Å². The number of carbonyl (C=O) groups is 4. The van der Waals surface area contributed by atoms with E-state index in [-0.39, 0.29) is 24.2 Å². The minimum Gasteiger partial charge on any atom is -0.479 e. The fourth-order valence-electron chi connectivity index (χ4n) is 3.07. The smallest absolute Gasteiger partial charge is 0.334 e. The molecular weight excluding hydrogens is 328 g/mol. The van der Waals surface area contributed by atoms with E-state index in [4.69, 9.17) is 9.84 Å². The number of hydrogen-bond acceptors (Lipinski definition) is 5. The molecule has 1 aromatic rings. The van der Waals surface area contributed by atoms with Crippen LogP contribution in [0, 0.1) is 6.92 Å². The van der Waals surface area contributed by atoms with Crippen molar-refractivity contribution in [1.82, 2.24) is 9.80 Å². The van der Waals surface area contributed by atoms with Gasteiger partial charge < -0.3 is 14.7 Å². The minimum absolute atomic E-state index is 0.110. The number of fused-ring (bicyclic) bond motifs is 1. The second kappa shape index (κ2) is 6.29. The Morgan fingerprint density at radius 1 is 1.20 bits per heavy atom. The predicted molar refractivity (Wildman–Crippen MR) is 85.1 cm³/mol. The van der Waals surface area contributed by atoms with Gasteiger partial charge in [-0.1, -0.05) is 11.6 Å². The number of hydrogen-bond donors (Lipinski definition) is 1. The number of carboxylic acid groups (broad SMARTS) is 1. The molecule has 132 valence electrons. The van der Waals surface area contributed by atoms with Crippen LogP contribution in [-0.2, 0) is 14.3 Å². The number of nitrogens with zero attached hydrogens (tertiary/aromatic N) is 2.